The number of nitrogens with one attached hydrogen (secondary N) is 2. The van der Waals surface area contributed by atoms with E-state index < -0.39 is 0 Å². The molecule has 5 nitrogen and oxygen atoms in total. The SMILES string of the molecule is N=C1C=CC(C(N)=NCc2cccc(O)c2)=CC1=N. The average Bonchev–Trinajstić information content (AvgIpc) is 2.39. The van der Waals surface area contributed by atoms with Gasteiger partial charge in [-0.3, -0.25) is 15.8 Å². The summed E-state index contributed by atoms with van der Waals surface area (Å²) < 4.78 is 0. The molecule has 0 aliphatic heterocycles. The third kappa shape index (κ3) is 3.16. The fourth-order valence-electron chi connectivity index (χ4n) is 1.63. The van der Waals surface area contributed by atoms with Gasteiger partial charge in [-0.2, -0.15) is 0 Å². The van der Waals surface area contributed by atoms with E-state index in [2.05, 4.69) is 4.99 Å². The first-order valence-corrected chi connectivity index (χ1v) is 5.72. The third-order valence-electron chi connectivity index (χ3n) is 2.66. The van der Waals surface area contributed by atoms with Crippen LogP contribution in [0, 0.1) is 10.8 Å². The summed E-state index contributed by atoms with van der Waals surface area (Å²) in [6, 6.07) is 6.81. The van der Waals surface area contributed by atoms with Gasteiger partial charge in [-0.15, -0.1) is 0 Å². The summed E-state index contributed by atoms with van der Waals surface area (Å²) >= 11 is 0. The maximum absolute atomic E-state index is 9.34. The van der Waals surface area contributed by atoms with Crippen LogP contribution in [0.5, 0.6) is 5.75 Å². The highest BCUT2D eigenvalue weighted by Crippen LogP contribution is 2.12. The number of amidine groups is 1. The molecule has 0 fully saturated rings. The maximum atomic E-state index is 9.34. The number of hydrogen-bond acceptors (Lipinski definition) is 4. The Kier molecular flexibility index (Phi) is 3.56. The van der Waals surface area contributed by atoms with Crippen molar-refractivity contribution in [3.05, 3.63) is 53.6 Å². The lowest BCUT2D eigenvalue weighted by Crippen LogP contribution is -2.20. The zero-order valence-electron chi connectivity index (χ0n) is 10.2. The zero-order valence-corrected chi connectivity index (χ0v) is 10.2. The summed E-state index contributed by atoms with van der Waals surface area (Å²) in [5.74, 6) is 0.509. The Morgan fingerprint density at radius 2 is 2.00 bits per heavy atom. The Balaban J connectivity index is 2.12. The molecule has 1 aliphatic carbocycles. The van der Waals surface area contributed by atoms with Crippen molar-refractivity contribution in [1.82, 2.24) is 0 Å². The minimum atomic E-state index is 0.119. The molecule has 0 unspecified atom stereocenters. The topological polar surface area (TPSA) is 106 Å². The van der Waals surface area contributed by atoms with Crippen LogP contribution in [0.25, 0.3) is 0 Å². The first kappa shape index (κ1) is 12.8. The number of nitrogens with two attached hydrogens (primary N) is 1. The van der Waals surface area contributed by atoms with Crippen molar-refractivity contribution in [2.45, 2.75) is 6.54 Å². The average molecular weight is 254 g/mol. The van der Waals surface area contributed by atoms with E-state index in [1.807, 2.05) is 6.07 Å². The molecule has 19 heavy (non-hydrogen) atoms. The number of phenolic OH excluding ortho intramolecular Hbond substituents is 1. The molecular weight excluding hydrogens is 240 g/mol. The number of phenols is 1. The molecule has 1 aromatic carbocycles. The molecular formula is C14H14N4O. The molecule has 5 N–H and O–H groups in total. The number of allylic oxidation sites excluding steroid dienone is 2. The van der Waals surface area contributed by atoms with Gasteiger partial charge in [0, 0.05) is 5.57 Å². The van der Waals surface area contributed by atoms with Crippen LogP contribution in [0.2, 0.25) is 0 Å². The first-order valence-electron chi connectivity index (χ1n) is 5.72. The van der Waals surface area contributed by atoms with Gasteiger partial charge in [0.15, 0.2) is 0 Å². The number of aliphatic imine (C=N–C) groups is 1. The lowest BCUT2D eigenvalue weighted by molar-refractivity contribution is 0.474. The summed E-state index contributed by atoms with van der Waals surface area (Å²) in [5.41, 5.74) is 7.60. The molecule has 0 saturated heterocycles. The lowest BCUT2D eigenvalue weighted by Gasteiger charge is -2.08. The van der Waals surface area contributed by atoms with Crippen LogP contribution in [-0.2, 0) is 6.54 Å². The van der Waals surface area contributed by atoms with Gasteiger partial charge >= 0.3 is 0 Å². The largest absolute Gasteiger partial charge is 0.508 e. The Hall–Kier alpha value is -2.69. The van der Waals surface area contributed by atoms with E-state index in [1.54, 1.807) is 24.3 Å². The normalized spacial score (nSPS) is 15.6. The highest BCUT2D eigenvalue weighted by atomic mass is 16.3. The van der Waals surface area contributed by atoms with Crippen LogP contribution in [0.3, 0.4) is 0 Å². The molecule has 0 saturated carbocycles. The molecule has 0 spiro atoms. The quantitative estimate of drug-likeness (QED) is 0.375. The van der Waals surface area contributed by atoms with Crippen molar-refractivity contribution in [1.29, 1.82) is 10.8 Å². The second-order valence-electron chi connectivity index (χ2n) is 4.13. The Labute approximate surface area is 110 Å². The number of benzene rings is 1. The predicted molar refractivity (Wildman–Crippen MR) is 76.1 cm³/mol. The van der Waals surface area contributed by atoms with Crippen LogP contribution >= 0.6 is 0 Å². The smallest absolute Gasteiger partial charge is 0.126 e. The summed E-state index contributed by atoms with van der Waals surface area (Å²) in [4.78, 5) is 4.22. The Morgan fingerprint density at radius 1 is 1.21 bits per heavy atom. The molecule has 0 heterocycles. The number of rotatable bonds is 3. The zero-order chi connectivity index (χ0) is 13.8. The van der Waals surface area contributed by atoms with E-state index in [1.165, 1.54) is 12.2 Å². The number of hydrogen-bond donors (Lipinski definition) is 4. The molecule has 96 valence electrons. The fourth-order valence-corrected chi connectivity index (χ4v) is 1.63. The third-order valence-corrected chi connectivity index (χ3v) is 2.66. The van der Waals surface area contributed by atoms with Gasteiger partial charge in [0.05, 0.1) is 18.0 Å². The monoisotopic (exact) mass is 254 g/mol. The van der Waals surface area contributed by atoms with Crippen LogP contribution < -0.4 is 5.73 Å². The van der Waals surface area contributed by atoms with Crippen molar-refractivity contribution >= 4 is 17.3 Å². The molecule has 0 amide bonds. The highest BCUT2D eigenvalue weighted by Gasteiger charge is 2.09. The maximum Gasteiger partial charge on any atom is 0.126 e. The summed E-state index contributed by atoms with van der Waals surface area (Å²) in [5, 5.41) is 24.3. The van der Waals surface area contributed by atoms with Gasteiger partial charge in [-0.05, 0) is 35.9 Å². The molecule has 0 atom stereocenters. The van der Waals surface area contributed by atoms with Crippen LogP contribution in [0.15, 0.2) is 53.1 Å². The lowest BCUT2D eigenvalue weighted by atomic mass is 10.0. The minimum absolute atomic E-state index is 0.119. The summed E-state index contributed by atoms with van der Waals surface area (Å²) in [6.45, 7) is 0.357. The highest BCUT2D eigenvalue weighted by molar-refractivity contribution is 6.49. The van der Waals surface area contributed by atoms with Gasteiger partial charge in [0.1, 0.15) is 11.6 Å². The first-order chi connectivity index (χ1) is 9.06. The molecule has 1 aliphatic rings. The van der Waals surface area contributed by atoms with Gasteiger partial charge in [-0.25, -0.2) is 0 Å². The van der Waals surface area contributed by atoms with Crippen molar-refractivity contribution in [2.24, 2.45) is 10.7 Å². The van der Waals surface area contributed by atoms with Crippen molar-refractivity contribution in [3.63, 3.8) is 0 Å². The second kappa shape index (κ2) is 5.30. The van der Waals surface area contributed by atoms with Gasteiger partial charge in [0.25, 0.3) is 0 Å². The molecule has 0 radical (unpaired) electrons. The van der Waals surface area contributed by atoms with Crippen molar-refractivity contribution in [2.75, 3.05) is 0 Å². The standard InChI is InChI=1S/C14H14N4O/c15-12-5-4-10(7-13(12)16)14(17)18-8-9-2-1-3-11(19)6-9/h1-7,15-16,19H,8H2,(H2,17,18). The van der Waals surface area contributed by atoms with Gasteiger partial charge in [0.2, 0.25) is 0 Å². The van der Waals surface area contributed by atoms with Crippen LogP contribution in [-0.4, -0.2) is 22.4 Å². The summed E-state index contributed by atoms with van der Waals surface area (Å²) in [6.07, 6.45) is 4.71. The molecule has 0 bridgehead atoms. The minimum Gasteiger partial charge on any atom is -0.508 e. The van der Waals surface area contributed by atoms with Crippen molar-refractivity contribution < 1.29 is 5.11 Å². The van der Waals surface area contributed by atoms with E-state index in [4.69, 9.17) is 16.6 Å². The number of aromatic hydroxyl groups is 1. The van der Waals surface area contributed by atoms with E-state index in [0.717, 1.165) is 5.56 Å². The molecule has 2 rings (SSSR count). The van der Waals surface area contributed by atoms with E-state index in [0.29, 0.717) is 18.0 Å². The Morgan fingerprint density at radius 3 is 2.68 bits per heavy atom. The number of nitrogens with zero attached hydrogens (tertiary/aromatic N) is 1. The van der Waals surface area contributed by atoms with Gasteiger partial charge in [-0.1, -0.05) is 12.1 Å². The van der Waals surface area contributed by atoms with Crippen molar-refractivity contribution in [3.8, 4) is 5.75 Å². The van der Waals surface area contributed by atoms with E-state index in [9.17, 15) is 5.11 Å². The van der Waals surface area contributed by atoms with E-state index in [-0.39, 0.29) is 17.2 Å². The van der Waals surface area contributed by atoms with Crippen LogP contribution in [0.4, 0.5) is 0 Å². The molecule has 1 aromatic rings. The predicted octanol–water partition coefficient (Wildman–Crippen LogP) is 1.79. The molecule has 5 heteroatoms. The van der Waals surface area contributed by atoms with Crippen LogP contribution in [0.1, 0.15) is 5.56 Å². The van der Waals surface area contributed by atoms with E-state index >= 15 is 0 Å². The molecule has 0 aromatic heterocycles. The fraction of sp³-hybridized carbons (Fsp3) is 0.0714. The second-order valence-corrected chi connectivity index (χ2v) is 4.13. The summed E-state index contributed by atoms with van der Waals surface area (Å²) in [7, 11) is 0. The van der Waals surface area contributed by atoms with Gasteiger partial charge < -0.3 is 10.8 Å². The Bertz CT molecular complexity index is 626.